The summed E-state index contributed by atoms with van der Waals surface area (Å²) in [6.45, 7) is 0. The molecule has 240 valence electrons. The van der Waals surface area contributed by atoms with E-state index in [2.05, 4.69) is 0 Å². The van der Waals surface area contributed by atoms with Gasteiger partial charge in [-0.25, -0.2) is 0 Å². The highest BCUT2D eigenvalue weighted by molar-refractivity contribution is 7.87. The van der Waals surface area contributed by atoms with E-state index in [1.54, 1.807) is 0 Å². The lowest BCUT2D eigenvalue weighted by Gasteiger charge is -2.17. The largest absolute Gasteiger partial charge is 0.508 e. The Morgan fingerprint density at radius 3 is 1.36 bits per heavy atom. The Morgan fingerprint density at radius 1 is 0.426 bits per heavy atom. The van der Waals surface area contributed by atoms with Gasteiger partial charge in [0.1, 0.15) is 31.9 Å². The first-order valence-corrected chi connectivity index (χ1v) is 17.6. The lowest BCUT2D eigenvalue weighted by atomic mass is 10.0. The summed E-state index contributed by atoms with van der Waals surface area (Å²) >= 11 is 0. The zero-order valence-electron chi connectivity index (χ0n) is 23.7. The van der Waals surface area contributed by atoms with Crippen LogP contribution in [0.5, 0.6) is 34.5 Å². The number of rotatable bonds is 9. The standard InChI is InChI=1S/C32H22O12S3/c33-21-7-2-10-24(17-21)45(36,37)42-29-14-5-13-27-28(29)16-20-6-1-15-30(43-46(38,39)25-11-3-8-22(34)18-25)31(20)32(27)44-47(40,41)26-12-4-9-23(35)19-26/h1-19,33-35H. The van der Waals surface area contributed by atoms with Crippen molar-refractivity contribution in [3.05, 3.63) is 115 Å². The normalized spacial score (nSPS) is 12.2. The Hall–Kier alpha value is -5.51. The molecule has 47 heavy (non-hydrogen) atoms. The Kier molecular flexibility index (Phi) is 7.83. The van der Waals surface area contributed by atoms with E-state index in [0.29, 0.717) is 0 Å². The predicted octanol–water partition coefficient (Wildman–Crippen LogP) is 5.41. The van der Waals surface area contributed by atoms with Crippen LogP contribution in [0.4, 0.5) is 0 Å². The van der Waals surface area contributed by atoms with Gasteiger partial charge in [-0.15, -0.1) is 0 Å². The molecule has 0 radical (unpaired) electrons. The van der Waals surface area contributed by atoms with Crippen LogP contribution in [0, 0.1) is 0 Å². The van der Waals surface area contributed by atoms with Crippen LogP contribution < -0.4 is 12.5 Å². The monoisotopic (exact) mass is 694 g/mol. The molecule has 0 aromatic heterocycles. The van der Waals surface area contributed by atoms with E-state index >= 15 is 0 Å². The summed E-state index contributed by atoms with van der Waals surface area (Å²) < 4.78 is 96.5. The summed E-state index contributed by atoms with van der Waals surface area (Å²) in [6.07, 6.45) is 0. The van der Waals surface area contributed by atoms with Crippen molar-refractivity contribution in [2.75, 3.05) is 0 Å². The van der Waals surface area contributed by atoms with Gasteiger partial charge in [0.25, 0.3) is 0 Å². The number of hydrogen-bond acceptors (Lipinski definition) is 12. The maximum atomic E-state index is 13.6. The van der Waals surface area contributed by atoms with Gasteiger partial charge in [-0.2, -0.15) is 25.3 Å². The van der Waals surface area contributed by atoms with Crippen LogP contribution in [0.15, 0.2) is 130 Å². The molecule has 0 fully saturated rings. The highest BCUT2D eigenvalue weighted by atomic mass is 32.2. The fourth-order valence-electron chi connectivity index (χ4n) is 4.73. The van der Waals surface area contributed by atoms with Crippen molar-refractivity contribution in [3.63, 3.8) is 0 Å². The minimum Gasteiger partial charge on any atom is -0.508 e. The summed E-state index contributed by atoms with van der Waals surface area (Å²) in [4.78, 5) is -1.18. The average molecular weight is 695 g/mol. The third-order valence-corrected chi connectivity index (χ3v) is 10.5. The first-order valence-electron chi connectivity index (χ1n) is 13.4. The zero-order chi connectivity index (χ0) is 33.6. The van der Waals surface area contributed by atoms with Gasteiger partial charge in [0.05, 0.1) is 5.39 Å². The molecular formula is C32H22O12S3. The minimum atomic E-state index is -4.72. The van der Waals surface area contributed by atoms with E-state index in [0.717, 1.165) is 18.2 Å². The van der Waals surface area contributed by atoms with Gasteiger partial charge in [-0.05, 0) is 60.0 Å². The van der Waals surface area contributed by atoms with E-state index in [1.807, 2.05) is 0 Å². The van der Waals surface area contributed by atoms with Crippen LogP contribution in [0.3, 0.4) is 0 Å². The number of hydrogen-bond donors (Lipinski definition) is 3. The first kappa shape index (κ1) is 31.5. The summed E-state index contributed by atoms with van der Waals surface area (Å²) in [7, 11) is -13.8. The quantitative estimate of drug-likeness (QED) is 0.129. The summed E-state index contributed by atoms with van der Waals surface area (Å²) in [5.74, 6) is -2.07. The molecule has 6 aromatic carbocycles. The fourth-order valence-corrected chi connectivity index (χ4v) is 7.70. The van der Waals surface area contributed by atoms with Crippen molar-refractivity contribution >= 4 is 51.9 Å². The SMILES string of the molecule is O=S(=O)(Oc1cccc2c(OS(=O)(=O)c3cccc(O)c3)c3c(OS(=O)(=O)c4cccc(O)c4)cccc3cc12)c1cccc(O)c1. The van der Waals surface area contributed by atoms with Gasteiger partial charge in [0.2, 0.25) is 0 Å². The highest BCUT2D eigenvalue weighted by Gasteiger charge is 2.27. The van der Waals surface area contributed by atoms with Crippen molar-refractivity contribution in [1.29, 1.82) is 0 Å². The fraction of sp³-hybridized carbons (Fsp3) is 0. The third-order valence-electron chi connectivity index (χ3n) is 6.81. The van der Waals surface area contributed by atoms with Gasteiger partial charge in [0.15, 0.2) is 17.2 Å². The number of phenols is 3. The van der Waals surface area contributed by atoms with Gasteiger partial charge in [-0.3, -0.25) is 0 Å². The molecule has 0 saturated carbocycles. The molecule has 0 aliphatic heterocycles. The minimum absolute atomic E-state index is 0.0179. The molecule has 6 aromatic rings. The maximum absolute atomic E-state index is 13.6. The van der Waals surface area contributed by atoms with E-state index in [9.17, 15) is 40.6 Å². The Bertz CT molecular complexity index is 2530. The van der Waals surface area contributed by atoms with Crippen molar-refractivity contribution in [1.82, 2.24) is 0 Å². The summed E-state index contributed by atoms with van der Waals surface area (Å²) in [6, 6.07) is 23.8. The third kappa shape index (κ3) is 6.31. The van der Waals surface area contributed by atoms with E-state index < -0.39 is 45.9 Å². The van der Waals surface area contributed by atoms with Gasteiger partial charge in [-0.1, -0.05) is 42.5 Å². The second-order valence-corrected chi connectivity index (χ2v) is 14.7. The topological polar surface area (TPSA) is 191 Å². The van der Waals surface area contributed by atoms with Crippen molar-refractivity contribution < 1.29 is 53.1 Å². The Labute approximate surface area is 268 Å². The molecule has 3 N–H and O–H groups in total. The molecule has 0 aliphatic rings. The van der Waals surface area contributed by atoms with Crippen LogP contribution >= 0.6 is 0 Å². The van der Waals surface area contributed by atoms with Crippen LogP contribution in [-0.4, -0.2) is 40.6 Å². The molecule has 0 heterocycles. The van der Waals surface area contributed by atoms with Crippen LogP contribution in [0.2, 0.25) is 0 Å². The predicted molar refractivity (Wildman–Crippen MR) is 169 cm³/mol. The number of benzene rings is 6. The summed E-state index contributed by atoms with van der Waals surface area (Å²) in [5.41, 5.74) is 0. The van der Waals surface area contributed by atoms with Crippen LogP contribution in [0.25, 0.3) is 21.5 Å². The molecule has 6 rings (SSSR count). The summed E-state index contributed by atoms with van der Waals surface area (Å²) in [5, 5.41) is 29.6. The molecule has 0 amide bonds. The lowest BCUT2D eigenvalue weighted by molar-refractivity contribution is 0.466. The number of phenolic OH excluding ortho intramolecular Hbond substituents is 3. The Morgan fingerprint density at radius 2 is 0.851 bits per heavy atom. The van der Waals surface area contributed by atoms with Crippen LogP contribution in [-0.2, 0) is 30.4 Å². The molecule has 0 spiro atoms. The van der Waals surface area contributed by atoms with E-state index in [1.165, 1.54) is 97.1 Å². The molecule has 0 aliphatic carbocycles. The average Bonchev–Trinajstić information content (AvgIpc) is 3.01. The molecule has 0 bridgehead atoms. The number of aromatic hydroxyl groups is 3. The van der Waals surface area contributed by atoms with Crippen LogP contribution in [0.1, 0.15) is 0 Å². The molecule has 12 nitrogen and oxygen atoms in total. The van der Waals surface area contributed by atoms with E-state index in [4.69, 9.17) is 12.5 Å². The molecule has 0 unspecified atom stereocenters. The van der Waals surface area contributed by atoms with Gasteiger partial charge in [0, 0.05) is 29.0 Å². The van der Waals surface area contributed by atoms with Crippen molar-refractivity contribution in [2.24, 2.45) is 0 Å². The van der Waals surface area contributed by atoms with Crippen molar-refractivity contribution in [2.45, 2.75) is 14.7 Å². The lowest BCUT2D eigenvalue weighted by Crippen LogP contribution is -2.13. The first-order chi connectivity index (χ1) is 22.2. The van der Waals surface area contributed by atoms with Gasteiger partial charge >= 0.3 is 30.4 Å². The highest BCUT2D eigenvalue weighted by Crippen LogP contribution is 2.45. The Balaban J connectivity index is 1.59. The maximum Gasteiger partial charge on any atom is 0.339 e. The number of fused-ring (bicyclic) bond motifs is 2. The molecular weight excluding hydrogens is 673 g/mol. The van der Waals surface area contributed by atoms with E-state index in [-0.39, 0.29) is 55.2 Å². The van der Waals surface area contributed by atoms with Crippen molar-refractivity contribution in [3.8, 4) is 34.5 Å². The molecule has 0 saturated heterocycles. The second kappa shape index (κ2) is 11.7. The smallest absolute Gasteiger partial charge is 0.339 e. The molecule has 15 heteroatoms. The second-order valence-electron chi connectivity index (χ2n) is 10.0. The molecule has 0 atom stereocenters. The zero-order valence-corrected chi connectivity index (χ0v) is 26.2. The van der Waals surface area contributed by atoms with Gasteiger partial charge < -0.3 is 27.9 Å².